The van der Waals surface area contributed by atoms with Gasteiger partial charge in [0.1, 0.15) is 6.61 Å². The zero-order valence-electron chi connectivity index (χ0n) is 16.3. The second-order valence-electron chi connectivity index (χ2n) is 6.87. The monoisotopic (exact) mass is 382 g/mol. The maximum absolute atomic E-state index is 12.7. The third-order valence-electron chi connectivity index (χ3n) is 4.91. The van der Waals surface area contributed by atoms with Crippen molar-refractivity contribution in [2.75, 3.05) is 26.8 Å². The summed E-state index contributed by atoms with van der Waals surface area (Å²) in [5, 5.41) is 2.87. The Labute approximate surface area is 165 Å². The first-order valence-electron chi connectivity index (χ1n) is 9.40. The van der Waals surface area contributed by atoms with E-state index in [1.165, 1.54) is 0 Å². The quantitative estimate of drug-likeness (QED) is 0.746. The normalized spacial score (nSPS) is 19.5. The number of carbonyl (C=O) groups excluding carboxylic acids is 2. The molecule has 0 aliphatic carbocycles. The minimum atomic E-state index is -0.752. The summed E-state index contributed by atoms with van der Waals surface area (Å²) in [5.41, 5.74) is 3.02. The topological polar surface area (TPSA) is 67.9 Å². The molecule has 1 aliphatic rings. The van der Waals surface area contributed by atoms with E-state index in [9.17, 15) is 9.59 Å². The van der Waals surface area contributed by atoms with Gasteiger partial charge in [0, 0.05) is 13.6 Å². The molecule has 1 saturated heterocycles. The summed E-state index contributed by atoms with van der Waals surface area (Å²) < 4.78 is 11.2. The first kappa shape index (κ1) is 20.0. The van der Waals surface area contributed by atoms with E-state index in [2.05, 4.69) is 5.32 Å². The van der Waals surface area contributed by atoms with Gasteiger partial charge < -0.3 is 19.7 Å². The molecule has 2 aromatic rings. The van der Waals surface area contributed by atoms with Crippen LogP contribution in [0.4, 0.5) is 0 Å². The second-order valence-corrected chi connectivity index (χ2v) is 6.87. The summed E-state index contributed by atoms with van der Waals surface area (Å²) in [7, 11) is 1.71. The molecule has 0 bridgehead atoms. The van der Waals surface area contributed by atoms with Crippen molar-refractivity contribution in [1.29, 1.82) is 0 Å². The molecule has 28 heavy (non-hydrogen) atoms. The van der Waals surface area contributed by atoms with Gasteiger partial charge in [-0.1, -0.05) is 54.6 Å². The van der Waals surface area contributed by atoms with Crippen LogP contribution in [0.5, 0.6) is 0 Å². The molecule has 0 saturated carbocycles. The van der Waals surface area contributed by atoms with Crippen molar-refractivity contribution in [2.45, 2.75) is 25.7 Å². The van der Waals surface area contributed by atoms with E-state index in [4.69, 9.17) is 9.47 Å². The van der Waals surface area contributed by atoms with Crippen molar-refractivity contribution >= 4 is 11.8 Å². The van der Waals surface area contributed by atoms with Crippen LogP contribution in [0.15, 0.2) is 54.6 Å². The summed E-state index contributed by atoms with van der Waals surface area (Å²) in [5.74, 6) is -0.376. The SMILES string of the molecule is Cc1ccccc1[C@@H]1[C@@H](C(=O)NCCOCc2ccccc2)OCC(=O)N1C. The highest BCUT2D eigenvalue weighted by Gasteiger charge is 2.40. The molecule has 2 atom stereocenters. The molecule has 2 amide bonds. The Morgan fingerprint density at radius 3 is 2.64 bits per heavy atom. The Bertz CT molecular complexity index is 809. The summed E-state index contributed by atoms with van der Waals surface area (Å²) in [6.07, 6.45) is -0.752. The van der Waals surface area contributed by atoms with Crippen molar-refractivity contribution in [2.24, 2.45) is 0 Å². The molecule has 0 aromatic heterocycles. The molecule has 1 N–H and O–H groups in total. The predicted octanol–water partition coefficient (Wildman–Crippen LogP) is 2.23. The fourth-order valence-corrected chi connectivity index (χ4v) is 3.33. The molecule has 1 heterocycles. The number of aryl methyl sites for hydroxylation is 1. The molecule has 1 fully saturated rings. The number of morpholine rings is 1. The molecule has 6 nitrogen and oxygen atoms in total. The van der Waals surface area contributed by atoms with E-state index in [1.54, 1.807) is 11.9 Å². The van der Waals surface area contributed by atoms with Gasteiger partial charge >= 0.3 is 0 Å². The molecule has 0 radical (unpaired) electrons. The van der Waals surface area contributed by atoms with Crippen LogP contribution < -0.4 is 5.32 Å². The van der Waals surface area contributed by atoms with E-state index >= 15 is 0 Å². The van der Waals surface area contributed by atoms with Crippen molar-refractivity contribution in [3.63, 3.8) is 0 Å². The Morgan fingerprint density at radius 2 is 1.89 bits per heavy atom. The van der Waals surface area contributed by atoms with Crippen LogP contribution in [0.2, 0.25) is 0 Å². The van der Waals surface area contributed by atoms with Gasteiger partial charge in [-0.3, -0.25) is 9.59 Å². The number of nitrogens with zero attached hydrogens (tertiary/aromatic N) is 1. The fraction of sp³-hybridized carbons (Fsp3) is 0.364. The maximum atomic E-state index is 12.7. The van der Waals surface area contributed by atoms with Crippen LogP contribution in [0.25, 0.3) is 0 Å². The van der Waals surface area contributed by atoms with Gasteiger partial charge in [0.2, 0.25) is 5.91 Å². The van der Waals surface area contributed by atoms with Crippen molar-refractivity contribution in [3.05, 3.63) is 71.3 Å². The number of likely N-dealkylation sites (N-methyl/N-ethyl adjacent to an activating group) is 1. The van der Waals surface area contributed by atoms with Crippen LogP contribution in [0, 0.1) is 6.92 Å². The minimum Gasteiger partial charge on any atom is -0.375 e. The Morgan fingerprint density at radius 1 is 1.18 bits per heavy atom. The lowest BCUT2D eigenvalue weighted by Gasteiger charge is -2.38. The van der Waals surface area contributed by atoms with Crippen molar-refractivity contribution in [1.82, 2.24) is 10.2 Å². The fourth-order valence-electron chi connectivity index (χ4n) is 3.33. The molecular weight excluding hydrogens is 356 g/mol. The molecule has 1 aliphatic heterocycles. The van der Waals surface area contributed by atoms with Crippen LogP contribution in [-0.4, -0.2) is 49.6 Å². The summed E-state index contributed by atoms with van der Waals surface area (Å²) >= 11 is 0. The summed E-state index contributed by atoms with van der Waals surface area (Å²) in [4.78, 5) is 26.5. The number of rotatable bonds is 7. The summed E-state index contributed by atoms with van der Waals surface area (Å²) in [6.45, 7) is 3.15. The van der Waals surface area contributed by atoms with Gasteiger partial charge in [0.05, 0.1) is 19.3 Å². The zero-order valence-corrected chi connectivity index (χ0v) is 16.3. The summed E-state index contributed by atoms with van der Waals surface area (Å²) in [6, 6.07) is 17.2. The number of amides is 2. The van der Waals surface area contributed by atoms with Gasteiger partial charge in [0.25, 0.3) is 5.91 Å². The number of ether oxygens (including phenoxy) is 2. The van der Waals surface area contributed by atoms with Gasteiger partial charge in [-0.15, -0.1) is 0 Å². The van der Waals surface area contributed by atoms with Gasteiger partial charge in [-0.25, -0.2) is 0 Å². The standard InChI is InChI=1S/C22H26N2O4/c1-16-8-6-7-11-18(16)20-21(28-15-19(25)24(20)2)22(26)23-12-13-27-14-17-9-4-3-5-10-17/h3-11,20-21H,12-15H2,1-2H3,(H,23,26)/t20-,21+/m1/s1. The van der Waals surface area contributed by atoms with Crippen molar-refractivity contribution in [3.8, 4) is 0 Å². The van der Waals surface area contributed by atoms with Crippen LogP contribution in [-0.2, 0) is 25.7 Å². The second kappa shape index (κ2) is 9.48. The number of nitrogens with one attached hydrogen (secondary N) is 1. The average molecular weight is 382 g/mol. The lowest BCUT2D eigenvalue weighted by atomic mass is 9.94. The number of hydrogen-bond acceptors (Lipinski definition) is 4. The first-order valence-corrected chi connectivity index (χ1v) is 9.40. The molecule has 6 heteroatoms. The molecule has 0 spiro atoms. The number of hydrogen-bond donors (Lipinski definition) is 1. The molecular formula is C22H26N2O4. The average Bonchev–Trinajstić information content (AvgIpc) is 2.71. The smallest absolute Gasteiger partial charge is 0.251 e. The third-order valence-corrected chi connectivity index (χ3v) is 4.91. The Kier molecular flexibility index (Phi) is 6.79. The minimum absolute atomic E-state index is 0.0958. The highest BCUT2D eigenvalue weighted by Crippen LogP contribution is 2.31. The van der Waals surface area contributed by atoms with E-state index in [0.717, 1.165) is 16.7 Å². The van der Waals surface area contributed by atoms with Gasteiger partial charge in [0.15, 0.2) is 6.10 Å². The molecule has 0 unspecified atom stereocenters. The van der Waals surface area contributed by atoms with Crippen LogP contribution in [0.3, 0.4) is 0 Å². The zero-order chi connectivity index (χ0) is 19.9. The lowest BCUT2D eigenvalue weighted by molar-refractivity contribution is -0.162. The van der Waals surface area contributed by atoms with Crippen molar-refractivity contribution < 1.29 is 19.1 Å². The predicted molar refractivity (Wildman–Crippen MR) is 106 cm³/mol. The molecule has 2 aromatic carbocycles. The maximum Gasteiger partial charge on any atom is 0.251 e. The van der Waals surface area contributed by atoms with E-state index in [0.29, 0.717) is 19.8 Å². The largest absolute Gasteiger partial charge is 0.375 e. The van der Waals surface area contributed by atoms with Crippen LogP contribution in [0.1, 0.15) is 22.7 Å². The molecule has 148 valence electrons. The van der Waals surface area contributed by atoms with E-state index in [-0.39, 0.29) is 18.4 Å². The molecule has 3 rings (SSSR count). The highest BCUT2D eigenvalue weighted by atomic mass is 16.5. The van der Waals surface area contributed by atoms with Crippen LogP contribution >= 0.6 is 0 Å². The van der Waals surface area contributed by atoms with E-state index in [1.807, 2.05) is 61.5 Å². The van der Waals surface area contributed by atoms with E-state index < -0.39 is 12.1 Å². The first-order chi connectivity index (χ1) is 13.6. The van der Waals surface area contributed by atoms with Gasteiger partial charge in [-0.2, -0.15) is 0 Å². The third kappa shape index (κ3) is 4.77. The lowest BCUT2D eigenvalue weighted by Crippen LogP contribution is -2.53. The number of benzene rings is 2. The number of carbonyl (C=O) groups is 2. The Hall–Kier alpha value is -2.70. The van der Waals surface area contributed by atoms with Gasteiger partial charge in [-0.05, 0) is 23.6 Å². The Balaban J connectivity index is 1.57. The highest BCUT2D eigenvalue weighted by molar-refractivity contribution is 5.86.